The molecule has 0 saturated carbocycles. The molecule has 0 aliphatic carbocycles. The second-order valence-electron chi connectivity index (χ2n) is 3.87. The van der Waals surface area contributed by atoms with E-state index in [1.807, 2.05) is 46.9 Å². The van der Waals surface area contributed by atoms with Gasteiger partial charge in [0, 0.05) is 29.7 Å². The highest BCUT2D eigenvalue weighted by atomic mass is 16.1. The van der Waals surface area contributed by atoms with Gasteiger partial charge in [0.15, 0.2) is 5.78 Å². The van der Waals surface area contributed by atoms with Crippen molar-refractivity contribution in [2.45, 2.75) is 48.0 Å². The summed E-state index contributed by atoms with van der Waals surface area (Å²) in [6.07, 6.45) is 3.07. The molecule has 0 N–H and O–H groups in total. The summed E-state index contributed by atoms with van der Waals surface area (Å²) in [5.41, 5.74) is 3.22. The number of nitrogens with zero attached hydrogens (tertiary/aromatic N) is 1. The van der Waals surface area contributed by atoms with Gasteiger partial charge in [0.05, 0.1) is 0 Å². The molecule has 0 saturated heterocycles. The van der Waals surface area contributed by atoms with Crippen molar-refractivity contribution in [3.05, 3.63) is 35.5 Å². The van der Waals surface area contributed by atoms with Gasteiger partial charge in [-0.1, -0.05) is 46.8 Å². The Bertz CT molecular complexity index is 523. The minimum atomic E-state index is 0.140. The average Bonchev–Trinajstić information content (AvgIpc) is 2.80. The number of hydrogen-bond acceptors (Lipinski definition) is 1. The maximum Gasteiger partial charge on any atom is 0.160 e. The van der Waals surface area contributed by atoms with Gasteiger partial charge in [-0.25, -0.2) is 0 Å². The molecule has 1 heterocycles. The van der Waals surface area contributed by atoms with Crippen LogP contribution in [0.4, 0.5) is 0 Å². The summed E-state index contributed by atoms with van der Waals surface area (Å²) in [4.78, 5) is 11.5. The third-order valence-corrected chi connectivity index (χ3v) is 2.85. The van der Waals surface area contributed by atoms with Crippen molar-refractivity contribution < 1.29 is 4.79 Å². The van der Waals surface area contributed by atoms with Crippen LogP contribution in [-0.4, -0.2) is 10.4 Å². The van der Waals surface area contributed by atoms with E-state index in [0.29, 0.717) is 0 Å². The molecule has 19 heavy (non-hydrogen) atoms. The first-order chi connectivity index (χ1) is 9.15. The van der Waals surface area contributed by atoms with Crippen molar-refractivity contribution in [2.24, 2.45) is 7.05 Å². The first-order valence-electron chi connectivity index (χ1n) is 7.23. The zero-order chi connectivity index (χ0) is 15.0. The van der Waals surface area contributed by atoms with Crippen LogP contribution in [-0.2, 0) is 13.5 Å². The number of ketones is 1. The Morgan fingerprint density at radius 2 is 1.74 bits per heavy atom. The minimum absolute atomic E-state index is 0.140. The molecule has 2 aromatic rings. The number of carbonyl (C=O) groups excluding carboxylic acids is 1. The zero-order valence-electron chi connectivity index (χ0n) is 13.4. The molecule has 106 valence electrons. The molecule has 2 heteroatoms. The Morgan fingerprint density at radius 3 is 2.21 bits per heavy atom. The molecule has 0 amide bonds. The molecular weight excluding hydrogens is 234 g/mol. The molecule has 0 radical (unpaired) electrons. The Balaban J connectivity index is 0.000000741. The molecular formula is C17H27NO. The van der Waals surface area contributed by atoms with E-state index in [9.17, 15) is 4.79 Å². The number of hydrogen-bond donors (Lipinski definition) is 0. The van der Waals surface area contributed by atoms with E-state index in [-0.39, 0.29) is 5.78 Å². The predicted molar refractivity (Wildman–Crippen MR) is 85.0 cm³/mol. The molecule has 0 aliphatic heterocycles. The van der Waals surface area contributed by atoms with Crippen LogP contribution < -0.4 is 0 Å². The van der Waals surface area contributed by atoms with E-state index in [0.717, 1.165) is 22.9 Å². The number of fused-ring (bicyclic) bond motifs is 1. The summed E-state index contributed by atoms with van der Waals surface area (Å²) in [6, 6.07) is 5.91. The predicted octanol–water partition coefficient (Wildman–Crippen LogP) is 5.00. The van der Waals surface area contributed by atoms with Crippen LogP contribution in [0.2, 0.25) is 0 Å². The van der Waals surface area contributed by atoms with E-state index in [1.54, 1.807) is 6.92 Å². The molecule has 0 aliphatic rings. The van der Waals surface area contributed by atoms with Crippen LogP contribution in [0.15, 0.2) is 24.4 Å². The summed E-state index contributed by atoms with van der Waals surface area (Å²) in [5.74, 6) is 0.140. The normalized spacial score (nSPS) is 9.21. The Kier molecular flexibility index (Phi) is 7.81. The summed E-state index contributed by atoms with van der Waals surface area (Å²) >= 11 is 0. The van der Waals surface area contributed by atoms with Crippen molar-refractivity contribution in [3.63, 3.8) is 0 Å². The minimum Gasteiger partial charge on any atom is -0.350 e. The summed E-state index contributed by atoms with van der Waals surface area (Å²) in [7, 11) is 2.02. The fourth-order valence-electron chi connectivity index (χ4n) is 2.10. The number of benzene rings is 1. The van der Waals surface area contributed by atoms with Crippen molar-refractivity contribution in [2.75, 3.05) is 0 Å². The van der Waals surface area contributed by atoms with E-state index < -0.39 is 0 Å². The van der Waals surface area contributed by atoms with Crippen molar-refractivity contribution in [1.82, 2.24) is 4.57 Å². The highest BCUT2D eigenvalue weighted by Crippen LogP contribution is 2.25. The lowest BCUT2D eigenvalue weighted by atomic mass is 10.0. The molecule has 0 atom stereocenters. The third kappa shape index (κ3) is 3.69. The topological polar surface area (TPSA) is 22.0 Å². The van der Waals surface area contributed by atoms with Crippen LogP contribution in [0, 0.1) is 0 Å². The largest absolute Gasteiger partial charge is 0.350 e. The lowest BCUT2D eigenvalue weighted by molar-refractivity contribution is 0.101. The molecule has 0 unspecified atom stereocenters. The fourth-order valence-corrected chi connectivity index (χ4v) is 2.10. The Labute approximate surface area is 117 Å². The van der Waals surface area contributed by atoms with E-state index >= 15 is 0 Å². The van der Waals surface area contributed by atoms with Crippen molar-refractivity contribution >= 4 is 16.7 Å². The first kappa shape index (κ1) is 17.4. The van der Waals surface area contributed by atoms with Gasteiger partial charge in [-0.2, -0.15) is 0 Å². The molecule has 1 aromatic heterocycles. The molecule has 2 rings (SSSR count). The van der Waals surface area contributed by atoms with Crippen molar-refractivity contribution in [3.8, 4) is 0 Å². The molecule has 0 spiro atoms. The lowest BCUT2D eigenvalue weighted by Gasteiger charge is -2.01. The smallest absolute Gasteiger partial charge is 0.160 e. The summed E-state index contributed by atoms with van der Waals surface area (Å²) in [6.45, 7) is 11.7. The SMILES string of the molecule is CC.CC.CCc1cn(C)c2cccc(C(C)=O)c12. The van der Waals surface area contributed by atoms with Crippen LogP contribution in [0.5, 0.6) is 0 Å². The Hall–Kier alpha value is -1.57. The van der Waals surface area contributed by atoms with Gasteiger partial charge in [-0.3, -0.25) is 4.79 Å². The third-order valence-electron chi connectivity index (χ3n) is 2.85. The second kappa shape index (κ2) is 8.52. The fraction of sp³-hybridized carbons (Fsp3) is 0.471. The van der Waals surface area contributed by atoms with E-state index in [1.165, 1.54) is 5.56 Å². The maximum atomic E-state index is 11.5. The van der Waals surface area contributed by atoms with Crippen LogP contribution >= 0.6 is 0 Å². The Morgan fingerprint density at radius 1 is 1.16 bits per heavy atom. The standard InChI is InChI=1S/C13H15NO.2C2H6/c1-4-10-8-14(3)12-7-5-6-11(9(2)15)13(10)12;2*1-2/h5-8H,4H2,1-3H3;2*1-2H3. The lowest BCUT2D eigenvalue weighted by Crippen LogP contribution is -1.94. The molecule has 2 nitrogen and oxygen atoms in total. The molecule has 0 fully saturated rings. The summed E-state index contributed by atoms with van der Waals surface area (Å²) < 4.78 is 2.08. The number of Topliss-reactive ketones (excluding diaryl/α,β-unsaturated/α-hetero) is 1. The van der Waals surface area contributed by atoms with Crippen molar-refractivity contribution in [1.29, 1.82) is 0 Å². The average molecular weight is 261 g/mol. The van der Waals surface area contributed by atoms with E-state index in [2.05, 4.69) is 23.8 Å². The van der Waals surface area contributed by atoms with Crippen LogP contribution in [0.3, 0.4) is 0 Å². The number of aromatic nitrogens is 1. The number of carbonyl (C=O) groups is 1. The molecule has 0 bridgehead atoms. The number of aryl methyl sites for hydroxylation is 2. The van der Waals surface area contributed by atoms with Gasteiger partial charge in [0.1, 0.15) is 0 Å². The monoisotopic (exact) mass is 261 g/mol. The van der Waals surface area contributed by atoms with Gasteiger partial charge >= 0.3 is 0 Å². The number of rotatable bonds is 2. The molecule has 1 aromatic carbocycles. The van der Waals surface area contributed by atoms with Gasteiger partial charge in [0.25, 0.3) is 0 Å². The quantitative estimate of drug-likeness (QED) is 0.698. The highest BCUT2D eigenvalue weighted by molar-refractivity contribution is 6.07. The maximum absolute atomic E-state index is 11.5. The van der Waals surface area contributed by atoms with Gasteiger partial charge in [-0.05, 0) is 25.0 Å². The van der Waals surface area contributed by atoms with Gasteiger partial charge in [-0.15, -0.1) is 0 Å². The van der Waals surface area contributed by atoms with Gasteiger partial charge < -0.3 is 4.57 Å². The second-order valence-corrected chi connectivity index (χ2v) is 3.87. The highest BCUT2D eigenvalue weighted by Gasteiger charge is 2.11. The zero-order valence-corrected chi connectivity index (χ0v) is 13.4. The van der Waals surface area contributed by atoms with Crippen LogP contribution in [0.25, 0.3) is 10.9 Å². The first-order valence-corrected chi connectivity index (χ1v) is 7.23. The summed E-state index contributed by atoms with van der Waals surface area (Å²) in [5, 5.41) is 1.12. The van der Waals surface area contributed by atoms with E-state index in [4.69, 9.17) is 0 Å². The van der Waals surface area contributed by atoms with Crippen LogP contribution in [0.1, 0.15) is 57.5 Å². The van der Waals surface area contributed by atoms with Gasteiger partial charge in [0.2, 0.25) is 0 Å².